The lowest BCUT2D eigenvalue weighted by atomic mass is 9.71. The van der Waals surface area contributed by atoms with Gasteiger partial charge in [-0.05, 0) is 67.6 Å². The zero-order chi connectivity index (χ0) is 21.1. The minimum atomic E-state index is -0.429. The average molecular weight is 410 g/mol. The fourth-order valence-electron chi connectivity index (χ4n) is 4.68. The van der Waals surface area contributed by atoms with Gasteiger partial charge in [-0.1, -0.05) is 12.1 Å². The first-order valence-electron chi connectivity index (χ1n) is 10.5. The van der Waals surface area contributed by atoms with Crippen molar-refractivity contribution in [2.45, 2.75) is 32.3 Å². The zero-order valence-corrected chi connectivity index (χ0v) is 17.3. The number of halogens is 1. The van der Waals surface area contributed by atoms with Crippen LogP contribution in [0.4, 0.5) is 10.1 Å². The van der Waals surface area contributed by atoms with Gasteiger partial charge in [0.25, 0.3) is 5.91 Å². The van der Waals surface area contributed by atoms with Gasteiger partial charge in [0.1, 0.15) is 5.82 Å². The zero-order valence-electron chi connectivity index (χ0n) is 17.3. The number of piperidine rings is 2. The number of nitrogens with zero attached hydrogens (tertiary/aromatic N) is 2. The fourth-order valence-corrected chi connectivity index (χ4v) is 4.68. The van der Waals surface area contributed by atoms with Crippen LogP contribution in [0.15, 0.2) is 48.5 Å². The van der Waals surface area contributed by atoms with Crippen molar-refractivity contribution in [1.29, 1.82) is 0 Å². The van der Waals surface area contributed by atoms with E-state index in [0.29, 0.717) is 44.6 Å². The molecule has 5 nitrogen and oxygen atoms in total. The van der Waals surface area contributed by atoms with Crippen LogP contribution in [0.5, 0.6) is 0 Å². The smallest absolute Gasteiger partial charge is 0.253 e. The molecular weight excluding hydrogens is 383 g/mol. The van der Waals surface area contributed by atoms with E-state index in [4.69, 9.17) is 4.74 Å². The monoisotopic (exact) mass is 410 g/mol. The first-order valence-corrected chi connectivity index (χ1v) is 10.5. The number of rotatable bonds is 4. The molecule has 2 aromatic carbocycles. The summed E-state index contributed by atoms with van der Waals surface area (Å²) < 4.78 is 18.4. The molecule has 158 valence electrons. The molecule has 0 unspecified atom stereocenters. The van der Waals surface area contributed by atoms with Crippen LogP contribution in [0.25, 0.3) is 0 Å². The lowest BCUT2D eigenvalue weighted by Gasteiger charge is -2.46. The molecule has 2 aromatic rings. The van der Waals surface area contributed by atoms with Crippen LogP contribution in [0.3, 0.4) is 0 Å². The van der Waals surface area contributed by atoms with E-state index in [1.54, 1.807) is 24.1 Å². The van der Waals surface area contributed by atoms with Crippen LogP contribution in [0, 0.1) is 11.2 Å². The number of hydrogen-bond donors (Lipinski definition) is 0. The number of likely N-dealkylation sites (tertiary alicyclic amines) is 1. The lowest BCUT2D eigenvalue weighted by molar-refractivity contribution is -0.133. The molecule has 2 aliphatic heterocycles. The van der Waals surface area contributed by atoms with Gasteiger partial charge in [-0.3, -0.25) is 9.59 Å². The summed E-state index contributed by atoms with van der Waals surface area (Å²) in [5, 5.41) is 0. The molecule has 2 aliphatic rings. The second kappa shape index (κ2) is 8.56. The second-order valence-corrected chi connectivity index (χ2v) is 8.24. The van der Waals surface area contributed by atoms with Gasteiger partial charge in [-0.25, -0.2) is 4.39 Å². The molecule has 2 fully saturated rings. The minimum Gasteiger partial charge on any atom is -0.380 e. The van der Waals surface area contributed by atoms with Crippen LogP contribution < -0.4 is 4.90 Å². The summed E-state index contributed by atoms with van der Waals surface area (Å²) in [6.45, 7) is 2.26. The van der Waals surface area contributed by atoms with Crippen LogP contribution >= 0.6 is 0 Å². The predicted molar refractivity (Wildman–Crippen MR) is 113 cm³/mol. The summed E-state index contributed by atoms with van der Waals surface area (Å²) in [6, 6.07) is 13.6. The molecule has 2 saturated heterocycles. The number of methoxy groups -OCH3 is 1. The van der Waals surface area contributed by atoms with Gasteiger partial charge in [0.05, 0.1) is 12.0 Å². The van der Waals surface area contributed by atoms with E-state index in [0.717, 1.165) is 24.1 Å². The van der Waals surface area contributed by atoms with Crippen LogP contribution in [-0.2, 0) is 16.1 Å². The van der Waals surface area contributed by atoms with E-state index in [1.165, 1.54) is 12.1 Å². The van der Waals surface area contributed by atoms with Crippen molar-refractivity contribution in [1.82, 2.24) is 4.90 Å². The van der Waals surface area contributed by atoms with Gasteiger partial charge >= 0.3 is 0 Å². The number of hydrogen-bond acceptors (Lipinski definition) is 3. The maximum atomic E-state index is 13.4. The number of carbonyl (C=O) groups is 2. The third-order valence-corrected chi connectivity index (χ3v) is 6.37. The first-order chi connectivity index (χ1) is 14.5. The molecule has 1 spiro atoms. The Hall–Kier alpha value is -2.73. The van der Waals surface area contributed by atoms with E-state index >= 15 is 0 Å². The second-order valence-electron chi connectivity index (χ2n) is 8.24. The number of amides is 2. The molecule has 0 aromatic heterocycles. The highest BCUT2D eigenvalue weighted by Gasteiger charge is 2.46. The van der Waals surface area contributed by atoms with Gasteiger partial charge in [0.15, 0.2) is 0 Å². The molecule has 4 rings (SSSR count). The summed E-state index contributed by atoms with van der Waals surface area (Å²) in [4.78, 5) is 30.0. The van der Waals surface area contributed by atoms with Crippen LogP contribution in [0.2, 0.25) is 0 Å². The van der Waals surface area contributed by atoms with Crippen molar-refractivity contribution in [2.24, 2.45) is 5.41 Å². The first kappa shape index (κ1) is 20.5. The average Bonchev–Trinajstić information content (AvgIpc) is 2.77. The largest absolute Gasteiger partial charge is 0.380 e. The van der Waals surface area contributed by atoms with E-state index in [9.17, 15) is 14.0 Å². The third kappa shape index (κ3) is 3.97. The quantitative estimate of drug-likeness (QED) is 0.765. The molecule has 2 heterocycles. The fraction of sp³-hybridized carbons (Fsp3) is 0.417. The van der Waals surface area contributed by atoms with Crippen LogP contribution in [-0.4, -0.2) is 43.5 Å². The summed E-state index contributed by atoms with van der Waals surface area (Å²) in [5.74, 6) is -0.199. The molecule has 0 saturated carbocycles. The summed E-state index contributed by atoms with van der Waals surface area (Å²) in [5.41, 5.74) is 1.94. The van der Waals surface area contributed by atoms with Crippen molar-refractivity contribution in [3.8, 4) is 0 Å². The van der Waals surface area contributed by atoms with Crippen molar-refractivity contribution in [3.63, 3.8) is 0 Å². The van der Waals surface area contributed by atoms with Gasteiger partial charge in [-0.15, -0.1) is 0 Å². The Bertz CT molecular complexity index is 920. The Morgan fingerprint density at radius 1 is 1.07 bits per heavy atom. The van der Waals surface area contributed by atoms with Gasteiger partial charge in [0, 0.05) is 38.0 Å². The highest BCUT2D eigenvalue weighted by molar-refractivity contribution is 5.99. The van der Waals surface area contributed by atoms with Crippen molar-refractivity contribution >= 4 is 17.5 Å². The summed E-state index contributed by atoms with van der Waals surface area (Å²) in [6.07, 6.45) is 3.07. The molecule has 6 heteroatoms. The van der Waals surface area contributed by atoms with E-state index in [-0.39, 0.29) is 17.6 Å². The molecule has 0 atom stereocenters. The predicted octanol–water partition coefficient (Wildman–Crippen LogP) is 4.02. The number of benzene rings is 2. The SMILES string of the molecule is COCc1cccc(C(=O)N2CCC3(CCCN(c4ccc(F)cc4)C3=O)CC2)c1. The van der Waals surface area contributed by atoms with Crippen molar-refractivity contribution < 1.29 is 18.7 Å². The standard InChI is InChI=1S/C24H27FN2O3/c1-30-17-18-4-2-5-19(16-18)22(28)26-14-11-24(12-15-26)10-3-13-27(23(24)29)21-8-6-20(25)7-9-21/h2,4-9,16H,3,10-15,17H2,1H3. The van der Waals surface area contributed by atoms with E-state index < -0.39 is 5.41 Å². The Morgan fingerprint density at radius 3 is 2.50 bits per heavy atom. The van der Waals surface area contributed by atoms with Gasteiger partial charge in [0.2, 0.25) is 5.91 Å². The maximum Gasteiger partial charge on any atom is 0.253 e. The highest BCUT2D eigenvalue weighted by Crippen LogP contribution is 2.42. The molecule has 0 radical (unpaired) electrons. The number of carbonyl (C=O) groups excluding carboxylic acids is 2. The molecule has 2 amide bonds. The summed E-state index contributed by atoms with van der Waals surface area (Å²) in [7, 11) is 1.63. The molecule has 0 aliphatic carbocycles. The van der Waals surface area contributed by atoms with E-state index in [1.807, 2.05) is 29.2 Å². The molecular formula is C24H27FN2O3. The van der Waals surface area contributed by atoms with Crippen LogP contribution in [0.1, 0.15) is 41.6 Å². The Kier molecular flexibility index (Phi) is 5.86. The highest BCUT2D eigenvalue weighted by atomic mass is 19.1. The van der Waals surface area contributed by atoms with Gasteiger partial charge in [-0.2, -0.15) is 0 Å². The number of anilines is 1. The molecule has 30 heavy (non-hydrogen) atoms. The molecule has 0 bridgehead atoms. The number of ether oxygens (including phenoxy) is 1. The topological polar surface area (TPSA) is 49.9 Å². The maximum absolute atomic E-state index is 13.4. The Labute approximate surface area is 176 Å². The summed E-state index contributed by atoms with van der Waals surface area (Å²) >= 11 is 0. The van der Waals surface area contributed by atoms with E-state index in [2.05, 4.69) is 0 Å². The van der Waals surface area contributed by atoms with Crippen molar-refractivity contribution in [3.05, 3.63) is 65.5 Å². The minimum absolute atomic E-state index is 0.00134. The lowest BCUT2D eigenvalue weighted by Crippen LogP contribution is -2.54. The normalized spacial score (nSPS) is 18.7. The Balaban J connectivity index is 1.45. The van der Waals surface area contributed by atoms with Gasteiger partial charge < -0.3 is 14.5 Å². The third-order valence-electron chi connectivity index (χ3n) is 6.37. The van der Waals surface area contributed by atoms with Crippen molar-refractivity contribution in [2.75, 3.05) is 31.6 Å². The Morgan fingerprint density at radius 2 is 1.80 bits per heavy atom. The molecule has 0 N–H and O–H groups in total.